The number of nitrogens with zero attached hydrogens (tertiary/aromatic N) is 2. The van der Waals surface area contributed by atoms with E-state index in [4.69, 9.17) is 0 Å². The van der Waals surface area contributed by atoms with Gasteiger partial charge in [0.15, 0.2) is 0 Å². The van der Waals surface area contributed by atoms with Crippen LogP contribution in [-0.2, 0) is 0 Å². The molecule has 2 saturated heterocycles. The second-order valence-electron chi connectivity index (χ2n) is 6.31. The van der Waals surface area contributed by atoms with Crippen LogP contribution < -0.4 is 4.90 Å². The smallest absolute Gasteiger partial charge is 0.0516 e. The van der Waals surface area contributed by atoms with Crippen molar-refractivity contribution in [3.63, 3.8) is 0 Å². The first-order valence-electron chi connectivity index (χ1n) is 7.96. The van der Waals surface area contributed by atoms with Crippen LogP contribution in [0.3, 0.4) is 0 Å². The van der Waals surface area contributed by atoms with Crippen molar-refractivity contribution in [2.75, 3.05) is 24.5 Å². The molecular formula is C17H25BrN2. The number of piperidine rings is 1. The Morgan fingerprint density at radius 2 is 2.10 bits per heavy atom. The fourth-order valence-electron chi connectivity index (χ4n) is 3.74. The molecule has 2 fully saturated rings. The summed E-state index contributed by atoms with van der Waals surface area (Å²) in [6, 6.07) is 8.14. The lowest BCUT2D eigenvalue weighted by molar-refractivity contribution is 0.111. The average Bonchev–Trinajstić information content (AvgIpc) is 2.48. The van der Waals surface area contributed by atoms with Crippen molar-refractivity contribution in [2.45, 2.75) is 51.6 Å². The summed E-state index contributed by atoms with van der Waals surface area (Å²) in [6.07, 6.45) is 5.39. The first-order valence-corrected chi connectivity index (χ1v) is 8.75. The maximum absolute atomic E-state index is 3.76. The van der Waals surface area contributed by atoms with Crippen LogP contribution >= 0.6 is 15.9 Å². The van der Waals surface area contributed by atoms with Crippen molar-refractivity contribution in [2.24, 2.45) is 0 Å². The van der Waals surface area contributed by atoms with E-state index in [0.717, 1.165) is 6.04 Å². The average molecular weight is 337 g/mol. The standard InChI is InChI=1S/C17H25BrN2/c1-3-14-11-19-9-5-4-6-15(19)12-20(14)17-10-13(2)7-8-16(17)18/h7-8,10,14-15H,3-6,9,11-12H2,1-2H3. The SMILES string of the molecule is CCC1CN2CCCCC2CN1c1cc(C)ccc1Br. The highest BCUT2D eigenvalue weighted by atomic mass is 79.9. The largest absolute Gasteiger partial charge is 0.365 e. The van der Waals surface area contributed by atoms with Gasteiger partial charge in [0, 0.05) is 29.6 Å². The van der Waals surface area contributed by atoms with Gasteiger partial charge in [-0.3, -0.25) is 4.90 Å². The van der Waals surface area contributed by atoms with E-state index in [9.17, 15) is 0 Å². The molecule has 2 aliphatic heterocycles. The second-order valence-corrected chi connectivity index (χ2v) is 7.17. The van der Waals surface area contributed by atoms with Gasteiger partial charge >= 0.3 is 0 Å². The Morgan fingerprint density at radius 3 is 2.90 bits per heavy atom. The number of anilines is 1. The highest BCUT2D eigenvalue weighted by Crippen LogP contribution is 2.34. The lowest BCUT2D eigenvalue weighted by Gasteiger charge is -2.49. The summed E-state index contributed by atoms with van der Waals surface area (Å²) in [5.41, 5.74) is 2.74. The number of fused-ring (bicyclic) bond motifs is 1. The van der Waals surface area contributed by atoms with Crippen LogP contribution in [0.1, 0.15) is 38.2 Å². The summed E-state index contributed by atoms with van der Waals surface area (Å²) < 4.78 is 1.24. The predicted octanol–water partition coefficient (Wildman–Crippen LogP) is 4.21. The quantitative estimate of drug-likeness (QED) is 0.798. The number of piperazine rings is 1. The molecule has 0 bridgehead atoms. The third-order valence-corrected chi connectivity index (χ3v) is 5.60. The number of halogens is 1. The van der Waals surface area contributed by atoms with E-state index >= 15 is 0 Å². The van der Waals surface area contributed by atoms with Crippen LogP contribution in [0.25, 0.3) is 0 Å². The summed E-state index contributed by atoms with van der Waals surface area (Å²) in [4.78, 5) is 5.39. The topological polar surface area (TPSA) is 6.48 Å². The predicted molar refractivity (Wildman–Crippen MR) is 89.5 cm³/mol. The lowest BCUT2D eigenvalue weighted by Crippen LogP contribution is -2.59. The minimum atomic E-state index is 0.655. The number of hydrogen-bond acceptors (Lipinski definition) is 2. The van der Waals surface area contributed by atoms with Gasteiger partial charge in [-0.15, -0.1) is 0 Å². The molecule has 0 radical (unpaired) electrons. The van der Waals surface area contributed by atoms with Crippen LogP contribution in [-0.4, -0.2) is 36.6 Å². The molecule has 0 saturated carbocycles. The van der Waals surface area contributed by atoms with Crippen molar-refractivity contribution in [3.8, 4) is 0 Å². The summed E-state index contributed by atoms with van der Waals surface area (Å²) >= 11 is 3.76. The summed E-state index contributed by atoms with van der Waals surface area (Å²) in [5, 5.41) is 0. The van der Waals surface area contributed by atoms with E-state index < -0.39 is 0 Å². The molecule has 2 heterocycles. The molecule has 2 unspecified atom stereocenters. The Kier molecular flexibility index (Phi) is 4.37. The molecule has 2 atom stereocenters. The third kappa shape index (κ3) is 2.75. The number of aryl methyl sites for hydroxylation is 1. The molecule has 0 spiro atoms. The summed E-state index contributed by atoms with van der Waals surface area (Å²) in [5.74, 6) is 0. The molecule has 3 heteroatoms. The van der Waals surface area contributed by atoms with E-state index in [0.29, 0.717) is 6.04 Å². The molecule has 3 rings (SSSR count). The second kappa shape index (κ2) is 6.07. The third-order valence-electron chi connectivity index (χ3n) is 4.92. The zero-order chi connectivity index (χ0) is 14.1. The van der Waals surface area contributed by atoms with E-state index in [2.05, 4.69) is 57.8 Å². The first-order chi connectivity index (χ1) is 9.69. The van der Waals surface area contributed by atoms with Gasteiger partial charge in [-0.2, -0.15) is 0 Å². The molecule has 0 aromatic heterocycles. The number of benzene rings is 1. The molecule has 1 aromatic carbocycles. The zero-order valence-electron chi connectivity index (χ0n) is 12.6. The minimum absolute atomic E-state index is 0.655. The van der Waals surface area contributed by atoms with Gasteiger partial charge in [0.2, 0.25) is 0 Å². The van der Waals surface area contributed by atoms with Crippen LogP contribution in [0.2, 0.25) is 0 Å². The van der Waals surface area contributed by atoms with E-state index in [1.54, 1.807) is 0 Å². The Hall–Kier alpha value is -0.540. The molecule has 0 aliphatic carbocycles. The molecular weight excluding hydrogens is 312 g/mol. The molecule has 20 heavy (non-hydrogen) atoms. The molecule has 2 aliphatic rings. The van der Waals surface area contributed by atoms with E-state index in [1.165, 1.54) is 61.0 Å². The van der Waals surface area contributed by atoms with Gasteiger partial charge in [-0.1, -0.05) is 19.4 Å². The van der Waals surface area contributed by atoms with Gasteiger partial charge < -0.3 is 4.90 Å². The van der Waals surface area contributed by atoms with Crippen LogP contribution in [0.15, 0.2) is 22.7 Å². The fraction of sp³-hybridized carbons (Fsp3) is 0.647. The van der Waals surface area contributed by atoms with Gasteiger partial charge in [0.1, 0.15) is 0 Å². The van der Waals surface area contributed by atoms with Crippen LogP contribution in [0.4, 0.5) is 5.69 Å². The Morgan fingerprint density at radius 1 is 1.25 bits per heavy atom. The van der Waals surface area contributed by atoms with Crippen molar-refractivity contribution >= 4 is 21.6 Å². The van der Waals surface area contributed by atoms with Gasteiger partial charge in [0.05, 0.1) is 5.69 Å². The highest BCUT2D eigenvalue weighted by Gasteiger charge is 2.34. The molecule has 2 nitrogen and oxygen atoms in total. The van der Waals surface area contributed by atoms with E-state index in [1.807, 2.05) is 0 Å². The number of hydrogen-bond donors (Lipinski definition) is 0. The molecule has 1 aromatic rings. The van der Waals surface area contributed by atoms with Gasteiger partial charge in [-0.25, -0.2) is 0 Å². The monoisotopic (exact) mass is 336 g/mol. The maximum atomic E-state index is 3.76. The van der Waals surface area contributed by atoms with Crippen LogP contribution in [0.5, 0.6) is 0 Å². The van der Waals surface area contributed by atoms with Gasteiger partial charge in [0.25, 0.3) is 0 Å². The van der Waals surface area contributed by atoms with Crippen molar-refractivity contribution in [1.29, 1.82) is 0 Å². The molecule has 0 N–H and O–H groups in total. The fourth-order valence-corrected chi connectivity index (χ4v) is 4.21. The summed E-state index contributed by atoms with van der Waals surface area (Å²) in [7, 11) is 0. The van der Waals surface area contributed by atoms with Crippen molar-refractivity contribution in [1.82, 2.24) is 4.90 Å². The van der Waals surface area contributed by atoms with Gasteiger partial charge in [-0.05, 0) is 66.4 Å². The van der Waals surface area contributed by atoms with Crippen molar-refractivity contribution in [3.05, 3.63) is 28.2 Å². The zero-order valence-corrected chi connectivity index (χ0v) is 14.2. The lowest BCUT2D eigenvalue weighted by atomic mass is 9.95. The first kappa shape index (κ1) is 14.4. The maximum Gasteiger partial charge on any atom is 0.0516 e. The van der Waals surface area contributed by atoms with Crippen LogP contribution in [0, 0.1) is 6.92 Å². The Balaban J connectivity index is 1.88. The minimum Gasteiger partial charge on any atom is -0.365 e. The van der Waals surface area contributed by atoms with Crippen molar-refractivity contribution < 1.29 is 0 Å². The van der Waals surface area contributed by atoms with E-state index in [-0.39, 0.29) is 0 Å². The molecule has 110 valence electrons. The summed E-state index contributed by atoms with van der Waals surface area (Å²) in [6.45, 7) is 8.26. The Labute approximate surface area is 131 Å². The highest BCUT2D eigenvalue weighted by molar-refractivity contribution is 9.10. The number of rotatable bonds is 2. The normalized spacial score (nSPS) is 27.4. The molecule has 0 amide bonds. The Bertz CT molecular complexity index is 474.